The van der Waals surface area contributed by atoms with Crippen LogP contribution >= 0.6 is 0 Å². The maximum atomic E-state index is 13.6. The molecule has 1 unspecified atom stereocenters. The van der Waals surface area contributed by atoms with E-state index in [0.717, 1.165) is 12.0 Å². The highest BCUT2D eigenvalue weighted by atomic mass is 19.1. The van der Waals surface area contributed by atoms with E-state index in [-0.39, 0.29) is 11.2 Å². The molecule has 0 spiro atoms. The Balaban J connectivity index is 2.90. The molecule has 0 aliphatic carbocycles. The summed E-state index contributed by atoms with van der Waals surface area (Å²) in [5.74, 6) is -0.106. The average molecular weight is 209 g/mol. The number of hydrogen-bond donors (Lipinski definition) is 1. The smallest absolute Gasteiger partial charge is 0.126 e. The SMILES string of the molecule is CNC(C)CC(C)(C)c1ccccc1F. The molecule has 15 heavy (non-hydrogen) atoms. The van der Waals surface area contributed by atoms with Gasteiger partial charge in [0, 0.05) is 6.04 Å². The van der Waals surface area contributed by atoms with Crippen LogP contribution in [0, 0.1) is 5.82 Å². The lowest BCUT2D eigenvalue weighted by Crippen LogP contribution is -2.31. The minimum Gasteiger partial charge on any atom is -0.317 e. The normalized spacial score (nSPS) is 13.9. The van der Waals surface area contributed by atoms with E-state index in [1.165, 1.54) is 6.07 Å². The molecular formula is C13H20FN. The lowest BCUT2D eigenvalue weighted by molar-refractivity contribution is 0.390. The monoisotopic (exact) mass is 209 g/mol. The van der Waals surface area contributed by atoms with E-state index in [9.17, 15) is 4.39 Å². The summed E-state index contributed by atoms with van der Waals surface area (Å²) in [6, 6.07) is 7.42. The Morgan fingerprint density at radius 3 is 2.47 bits per heavy atom. The molecule has 0 aromatic heterocycles. The molecule has 0 radical (unpaired) electrons. The molecule has 0 saturated heterocycles. The molecule has 1 atom stereocenters. The Morgan fingerprint density at radius 1 is 1.33 bits per heavy atom. The molecule has 1 aromatic carbocycles. The Hall–Kier alpha value is -0.890. The quantitative estimate of drug-likeness (QED) is 0.803. The van der Waals surface area contributed by atoms with Crippen LogP contribution in [-0.4, -0.2) is 13.1 Å². The average Bonchev–Trinajstić information content (AvgIpc) is 2.17. The summed E-state index contributed by atoms with van der Waals surface area (Å²) >= 11 is 0. The van der Waals surface area contributed by atoms with Gasteiger partial charge in [-0.3, -0.25) is 0 Å². The molecule has 0 amide bonds. The molecule has 1 nitrogen and oxygen atoms in total. The van der Waals surface area contributed by atoms with Gasteiger partial charge in [-0.05, 0) is 37.4 Å². The summed E-state index contributed by atoms with van der Waals surface area (Å²) in [5, 5.41) is 3.19. The second-order valence-corrected chi connectivity index (χ2v) is 4.76. The molecule has 1 N–H and O–H groups in total. The maximum Gasteiger partial charge on any atom is 0.126 e. The summed E-state index contributed by atoms with van der Waals surface area (Å²) in [6.45, 7) is 6.28. The van der Waals surface area contributed by atoms with E-state index in [2.05, 4.69) is 26.1 Å². The molecule has 0 fully saturated rings. The number of hydrogen-bond acceptors (Lipinski definition) is 1. The first kappa shape index (κ1) is 12.2. The van der Waals surface area contributed by atoms with Gasteiger partial charge in [0.05, 0.1) is 0 Å². The molecule has 0 bridgehead atoms. The number of rotatable bonds is 4. The first-order chi connectivity index (χ1) is 6.97. The molecule has 2 heteroatoms. The molecule has 0 aliphatic heterocycles. The molecule has 84 valence electrons. The van der Waals surface area contributed by atoms with Crippen molar-refractivity contribution in [2.45, 2.75) is 38.6 Å². The molecule has 0 heterocycles. The van der Waals surface area contributed by atoms with Crippen molar-refractivity contribution in [3.63, 3.8) is 0 Å². The highest BCUT2D eigenvalue weighted by Gasteiger charge is 2.25. The van der Waals surface area contributed by atoms with E-state index in [0.29, 0.717) is 6.04 Å². The second kappa shape index (κ2) is 4.75. The number of nitrogens with one attached hydrogen (secondary N) is 1. The van der Waals surface area contributed by atoms with Crippen LogP contribution in [-0.2, 0) is 5.41 Å². The van der Waals surface area contributed by atoms with Gasteiger partial charge < -0.3 is 5.32 Å². The summed E-state index contributed by atoms with van der Waals surface area (Å²) in [5.41, 5.74) is 0.667. The van der Waals surface area contributed by atoms with Crippen LogP contribution in [0.25, 0.3) is 0 Å². The molecular weight excluding hydrogens is 189 g/mol. The maximum absolute atomic E-state index is 13.6. The van der Waals surface area contributed by atoms with Gasteiger partial charge in [0.15, 0.2) is 0 Å². The van der Waals surface area contributed by atoms with Crippen LogP contribution in [0.5, 0.6) is 0 Å². The lowest BCUT2D eigenvalue weighted by Gasteiger charge is -2.28. The predicted molar refractivity (Wildman–Crippen MR) is 62.6 cm³/mol. The van der Waals surface area contributed by atoms with Crippen molar-refractivity contribution in [3.05, 3.63) is 35.6 Å². The van der Waals surface area contributed by atoms with Gasteiger partial charge in [0.1, 0.15) is 5.82 Å². The van der Waals surface area contributed by atoms with Crippen LogP contribution in [0.1, 0.15) is 32.8 Å². The van der Waals surface area contributed by atoms with Crippen molar-refractivity contribution in [3.8, 4) is 0 Å². The Kier molecular flexibility index (Phi) is 3.86. The van der Waals surface area contributed by atoms with Crippen LogP contribution in [0.3, 0.4) is 0 Å². The Labute approximate surface area is 91.7 Å². The highest BCUT2D eigenvalue weighted by Crippen LogP contribution is 2.30. The fourth-order valence-corrected chi connectivity index (χ4v) is 1.99. The van der Waals surface area contributed by atoms with Crippen LogP contribution < -0.4 is 5.32 Å². The van der Waals surface area contributed by atoms with E-state index in [4.69, 9.17) is 0 Å². The van der Waals surface area contributed by atoms with Gasteiger partial charge in [-0.15, -0.1) is 0 Å². The van der Waals surface area contributed by atoms with Crippen molar-refractivity contribution in [1.29, 1.82) is 0 Å². The standard InChI is InChI=1S/C13H20FN/c1-10(15-4)9-13(2,3)11-7-5-6-8-12(11)14/h5-8,10,15H,9H2,1-4H3. The van der Waals surface area contributed by atoms with Gasteiger partial charge in [-0.1, -0.05) is 32.0 Å². The van der Waals surface area contributed by atoms with Crippen LogP contribution in [0.15, 0.2) is 24.3 Å². The van der Waals surface area contributed by atoms with Crippen molar-refractivity contribution < 1.29 is 4.39 Å². The zero-order valence-corrected chi connectivity index (χ0v) is 9.97. The largest absolute Gasteiger partial charge is 0.317 e. The Morgan fingerprint density at radius 2 is 1.93 bits per heavy atom. The summed E-state index contributed by atoms with van der Waals surface area (Å²) in [4.78, 5) is 0. The Bertz CT molecular complexity index is 320. The van der Waals surface area contributed by atoms with Crippen molar-refractivity contribution in [2.75, 3.05) is 7.05 Å². The minimum absolute atomic E-state index is 0.106. The van der Waals surface area contributed by atoms with E-state index in [1.54, 1.807) is 6.07 Å². The van der Waals surface area contributed by atoms with Crippen LogP contribution in [0.2, 0.25) is 0 Å². The molecule has 1 aromatic rings. The van der Waals surface area contributed by atoms with Crippen molar-refractivity contribution in [1.82, 2.24) is 5.32 Å². The zero-order chi connectivity index (χ0) is 11.5. The fraction of sp³-hybridized carbons (Fsp3) is 0.538. The van der Waals surface area contributed by atoms with Gasteiger partial charge in [0.25, 0.3) is 0 Å². The van der Waals surface area contributed by atoms with Gasteiger partial charge in [-0.25, -0.2) is 4.39 Å². The number of benzene rings is 1. The van der Waals surface area contributed by atoms with E-state index in [1.807, 2.05) is 19.2 Å². The third kappa shape index (κ3) is 3.03. The third-order valence-corrected chi connectivity index (χ3v) is 2.91. The summed E-state index contributed by atoms with van der Waals surface area (Å²) < 4.78 is 13.6. The van der Waals surface area contributed by atoms with E-state index < -0.39 is 0 Å². The van der Waals surface area contributed by atoms with Gasteiger partial charge >= 0.3 is 0 Å². The molecule has 0 saturated carbocycles. The zero-order valence-electron chi connectivity index (χ0n) is 9.97. The first-order valence-electron chi connectivity index (χ1n) is 5.39. The van der Waals surface area contributed by atoms with Gasteiger partial charge in [0.2, 0.25) is 0 Å². The van der Waals surface area contributed by atoms with Gasteiger partial charge in [-0.2, -0.15) is 0 Å². The fourth-order valence-electron chi connectivity index (χ4n) is 1.99. The minimum atomic E-state index is -0.131. The molecule has 0 aliphatic rings. The summed E-state index contributed by atoms with van der Waals surface area (Å²) in [6.07, 6.45) is 0.921. The van der Waals surface area contributed by atoms with Crippen molar-refractivity contribution in [2.24, 2.45) is 0 Å². The summed E-state index contributed by atoms with van der Waals surface area (Å²) in [7, 11) is 1.93. The number of halogens is 1. The molecule has 1 rings (SSSR count). The van der Waals surface area contributed by atoms with Crippen molar-refractivity contribution >= 4 is 0 Å². The predicted octanol–water partition coefficient (Wildman–Crippen LogP) is 3.10. The highest BCUT2D eigenvalue weighted by molar-refractivity contribution is 5.25. The third-order valence-electron chi connectivity index (χ3n) is 2.91. The first-order valence-corrected chi connectivity index (χ1v) is 5.39. The van der Waals surface area contributed by atoms with E-state index >= 15 is 0 Å². The van der Waals surface area contributed by atoms with Crippen LogP contribution in [0.4, 0.5) is 4.39 Å². The topological polar surface area (TPSA) is 12.0 Å². The lowest BCUT2D eigenvalue weighted by atomic mass is 9.79. The second-order valence-electron chi connectivity index (χ2n) is 4.76.